The summed E-state index contributed by atoms with van der Waals surface area (Å²) in [6.45, 7) is 4.19. The maximum absolute atomic E-state index is 12.6. The van der Waals surface area contributed by atoms with Gasteiger partial charge in [-0.05, 0) is 42.2 Å². The van der Waals surface area contributed by atoms with Gasteiger partial charge in [0.2, 0.25) is 5.91 Å². The molecule has 1 saturated heterocycles. The van der Waals surface area contributed by atoms with Gasteiger partial charge in [0.05, 0.1) is 11.9 Å². The van der Waals surface area contributed by atoms with E-state index in [0.717, 1.165) is 40.1 Å². The minimum absolute atomic E-state index is 0.0780. The van der Waals surface area contributed by atoms with Crippen molar-refractivity contribution >= 4 is 38.3 Å². The molecular formula is C24H29N2O6PS. The quantitative estimate of drug-likeness (QED) is 0.331. The standard InChI is InChI=1S/C24H29N2O6PS/c1-3-17-4-7-19(25-13-17)10-11-30-20-8-5-18(6-9-20)12-21-22(27)26(23(28)34-21)15-32-24(29)31-14-16(2)33/h4-9,13,16,21H,3,10-12,14-15,33H2,1-2H3. The van der Waals surface area contributed by atoms with Crippen LogP contribution >= 0.6 is 21.0 Å². The molecule has 1 aromatic heterocycles. The molecule has 2 heterocycles. The Hall–Kier alpha value is -2.64. The van der Waals surface area contributed by atoms with E-state index < -0.39 is 23.4 Å². The third-order valence-corrected chi connectivity index (χ3v) is 6.31. The summed E-state index contributed by atoms with van der Waals surface area (Å²) < 4.78 is 15.6. The molecule has 182 valence electrons. The number of imide groups is 1. The van der Waals surface area contributed by atoms with Crippen LogP contribution in [0.4, 0.5) is 9.59 Å². The molecule has 10 heteroatoms. The van der Waals surface area contributed by atoms with Gasteiger partial charge in [-0.25, -0.2) is 9.69 Å². The maximum atomic E-state index is 12.6. The van der Waals surface area contributed by atoms with Crippen molar-refractivity contribution in [3.05, 3.63) is 59.4 Å². The van der Waals surface area contributed by atoms with E-state index in [-0.39, 0.29) is 18.2 Å². The Morgan fingerprint density at radius 2 is 1.88 bits per heavy atom. The number of rotatable bonds is 11. The molecule has 0 saturated carbocycles. The van der Waals surface area contributed by atoms with Crippen LogP contribution in [0, 0.1) is 0 Å². The van der Waals surface area contributed by atoms with Crippen molar-refractivity contribution in [3.63, 3.8) is 0 Å². The fraction of sp³-hybridized carbons (Fsp3) is 0.417. The Morgan fingerprint density at radius 1 is 1.15 bits per heavy atom. The first-order valence-electron chi connectivity index (χ1n) is 11.1. The molecule has 0 aliphatic carbocycles. The fourth-order valence-corrected chi connectivity index (χ4v) is 4.24. The van der Waals surface area contributed by atoms with Crippen LogP contribution in [0.15, 0.2) is 42.6 Å². The van der Waals surface area contributed by atoms with Crippen molar-refractivity contribution in [2.24, 2.45) is 0 Å². The number of nitrogens with zero attached hydrogens (tertiary/aromatic N) is 2. The Bertz CT molecular complexity index is 984. The molecule has 1 aliphatic heterocycles. The van der Waals surface area contributed by atoms with Gasteiger partial charge in [-0.3, -0.25) is 14.6 Å². The molecule has 1 aliphatic rings. The summed E-state index contributed by atoms with van der Waals surface area (Å²) in [4.78, 5) is 41.7. The Labute approximate surface area is 205 Å². The number of hydrogen-bond acceptors (Lipinski definition) is 8. The van der Waals surface area contributed by atoms with Crippen LogP contribution in [0.25, 0.3) is 0 Å². The van der Waals surface area contributed by atoms with Gasteiger partial charge >= 0.3 is 6.16 Å². The second-order valence-electron chi connectivity index (χ2n) is 7.91. The topological polar surface area (TPSA) is 95.0 Å². The van der Waals surface area contributed by atoms with Gasteiger partial charge < -0.3 is 14.2 Å². The second-order valence-corrected chi connectivity index (χ2v) is 10.2. The Kier molecular flexibility index (Phi) is 9.72. The van der Waals surface area contributed by atoms with Crippen molar-refractivity contribution in [1.82, 2.24) is 9.88 Å². The van der Waals surface area contributed by atoms with Gasteiger partial charge in [0.15, 0.2) is 6.73 Å². The van der Waals surface area contributed by atoms with Gasteiger partial charge in [0.25, 0.3) is 5.24 Å². The van der Waals surface area contributed by atoms with Gasteiger partial charge in [0.1, 0.15) is 12.4 Å². The van der Waals surface area contributed by atoms with E-state index in [1.165, 1.54) is 5.56 Å². The van der Waals surface area contributed by atoms with E-state index in [0.29, 0.717) is 19.4 Å². The SMILES string of the molecule is CCc1ccc(CCOc2ccc(CC3SC(=O)N(COC(=O)OCC(C)P)C3=O)cc2)nc1. The van der Waals surface area contributed by atoms with Crippen molar-refractivity contribution < 1.29 is 28.6 Å². The van der Waals surface area contributed by atoms with Crippen LogP contribution in [0.3, 0.4) is 0 Å². The summed E-state index contributed by atoms with van der Waals surface area (Å²) in [5.74, 6) is 0.341. The van der Waals surface area contributed by atoms with E-state index in [9.17, 15) is 14.4 Å². The first-order valence-corrected chi connectivity index (χ1v) is 12.6. The highest BCUT2D eigenvalue weighted by Crippen LogP contribution is 2.30. The summed E-state index contributed by atoms with van der Waals surface area (Å²) in [6, 6.07) is 11.5. The van der Waals surface area contributed by atoms with E-state index in [1.54, 1.807) is 0 Å². The fourth-order valence-electron chi connectivity index (χ4n) is 3.12. The average molecular weight is 505 g/mol. The Balaban J connectivity index is 1.43. The summed E-state index contributed by atoms with van der Waals surface area (Å²) in [5, 5.41) is -1.01. The molecule has 0 spiro atoms. The number of hydrogen-bond donors (Lipinski definition) is 0. The molecule has 1 fully saturated rings. The number of carbonyl (C=O) groups excluding carboxylic acids is 3. The number of aromatic nitrogens is 1. The minimum Gasteiger partial charge on any atom is -0.493 e. The largest absolute Gasteiger partial charge is 0.510 e. The van der Waals surface area contributed by atoms with Gasteiger partial charge in [0, 0.05) is 24.0 Å². The van der Waals surface area contributed by atoms with Crippen LogP contribution in [-0.2, 0) is 33.5 Å². The van der Waals surface area contributed by atoms with Crippen molar-refractivity contribution in [2.75, 3.05) is 19.9 Å². The highest BCUT2D eigenvalue weighted by atomic mass is 32.2. The lowest BCUT2D eigenvalue weighted by Crippen LogP contribution is -2.35. The van der Waals surface area contributed by atoms with E-state index in [1.807, 2.05) is 43.5 Å². The van der Waals surface area contributed by atoms with Crippen LogP contribution in [-0.4, -0.2) is 58.0 Å². The first-order chi connectivity index (χ1) is 16.4. The summed E-state index contributed by atoms with van der Waals surface area (Å²) in [5.41, 5.74) is 3.17. The van der Waals surface area contributed by atoms with E-state index >= 15 is 0 Å². The monoisotopic (exact) mass is 504 g/mol. The molecule has 0 bridgehead atoms. The smallest absolute Gasteiger partial charge is 0.493 e. The lowest BCUT2D eigenvalue weighted by atomic mass is 10.1. The molecule has 0 N–H and O–H groups in total. The molecule has 3 unspecified atom stereocenters. The summed E-state index contributed by atoms with van der Waals surface area (Å²) in [7, 11) is 2.49. The number of carbonyl (C=O) groups is 3. The van der Waals surface area contributed by atoms with Crippen LogP contribution in [0.2, 0.25) is 0 Å². The molecule has 1 aromatic carbocycles. The van der Waals surface area contributed by atoms with Crippen LogP contribution in [0.1, 0.15) is 30.7 Å². The molecular weight excluding hydrogens is 475 g/mol. The normalized spacial score (nSPS) is 16.4. The van der Waals surface area contributed by atoms with Gasteiger partial charge in [-0.2, -0.15) is 0 Å². The molecule has 3 atom stereocenters. The Morgan fingerprint density at radius 3 is 2.53 bits per heavy atom. The number of benzene rings is 1. The first kappa shape index (κ1) is 26.0. The number of ether oxygens (including phenoxy) is 3. The summed E-state index contributed by atoms with van der Waals surface area (Å²) in [6.07, 6.45) is 3.04. The second kappa shape index (κ2) is 12.7. The molecule has 2 aromatic rings. The maximum Gasteiger partial charge on any atom is 0.510 e. The number of amides is 2. The minimum atomic E-state index is -0.910. The molecule has 34 heavy (non-hydrogen) atoms. The third-order valence-electron chi connectivity index (χ3n) is 5.05. The van der Waals surface area contributed by atoms with Crippen molar-refractivity contribution in [1.29, 1.82) is 0 Å². The lowest BCUT2D eigenvalue weighted by Gasteiger charge is -2.14. The summed E-state index contributed by atoms with van der Waals surface area (Å²) >= 11 is 0.929. The third kappa shape index (κ3) is 7.71. The predicted molar refractivity (Wildman–Crippen MR) is 133 cm³/mol. The van der Waals surface area contributed by atoms with Gasteiger partial charge in [-0.15, -0.1) is 9.24 Å². The van der Waals surface area contributed by atoms with Crippen LogP contribution in [0.5, 0.6) is 5.75 Å². The number of thioether (sulfide) groups is 1. The highest BCUT2D eigenvalue weighted by molar-refractivity contribution is 8.15. The lowest BCUT2D eigenvalue weighted by molar-refractivity contribution is -0.129. The predicted octanol–water partition coefficient (Wildman–Crippen LogP) is 4.25. The zero-order valence-corrected chi connectivity index (χ0v) is 21.2. The van der Waals surface area contributed by atoms with Crippen molar-refractivity contribution in [3.8, 4) is 5.75 Å². The molecule has 8 nitrogen and oxygen atoms in total. The zero-order valence-electron chi connectivity index (χ0n) is 19.3. The average Bonchev–Trinajstić information content (AvgIpc) is 3.09. The van der Waals surface area contributed by atoms with Crippen LogP contribution < -0.4 is 4.74 Å². The molecule has 3 rings (SSSR count). The zero-order chi connectivity index (χ0) is 24.5. The van der Waals surface area contributed by atoms with Crippen molar-refractivity contribution in [2.45, 2.75) is 44.0 Å². The van der Waals surface area contributed by atoms with Gasteiger partial charge in [-0.1, -0.05) is 43.8 Å². The molecule has 2 amide bonds. The number of aryl methyl sites for hydroxylation is 1. The van der Waals surface area contributed by atoms with E-state index in [4.69, 9.17) is 14.2 Å². The number of pyridine rings is 1. The van der Waals surface area contributed by atoms with E-state index in [2.05, 4.69) is 27.2 Å². The highest BCUT2D eigenvalue weighted by Gasteiger charge is 2.40. The molecule has 0 radical (unpaired) electrons.